The van der Waals surface area contributed by atoms with Gasteiger partial charge in [0.05, 0.1) is 18.5 Å². The first-order chi connectivity index (χ1) is 9.70. The van der Waals surface area contributed by atoms with Crippen LogP contribution in [-0.4, -0.2) is 40.1 Å². The second kappa shape index (κ2) is 6.52. The normalized spacial score (nSPS) is 26.6. The zero-order chi connectivity index (χ0) is 15.6. The summed E-state index contributed by atoms with van der Waals surface area (Å²) >= 11 is 0. The Labute approximate surface area is 128 Å². The van der Waals surface area contributed by atoms with Crippen LogP contribution in [0.15, 0.2) is 0 Å². The van der Waals surface area contributed by atoms with Crippen LogP contribution in [0, 0.1) is 10.8 Å². The smallest absolute Gasteiger partial charge is 0.209 e. The first-order valence-corrected chi connectivity index (χ1v) is 9.61. The average molecular weight is 319 g/mol. The lowest BCUT2D eigenvalue weighted by atomic mass is 9.76. The van der Waals surface area contributed by atoms with E-state index < -0.39 is 10.0 Å². The van der Waals surface area contributed by atoms with E-state index >= 15 is 0 Å². The monoisotopic (exact) mass is 319 g/mol. The van der Waals surface area contributed by atoms with Crippen molar-refractivity contribution in [3.05, 3.63) is 0 Å². The van der Waals surface area contributed by atoms with E-state index in [1.165, 1.54) is 12.8 Å². The molecule has 0 spiro atoms. The third-order valence-electron chi connectivity index (χ3n) is 4.97. The molecule has 124 valence electrons. The van der Waals surface area contributed by atoms with Crippen molar-refractivity contribution in [2.24, 2.45) is 16.0 Å². The molecule has 0 radical (unpaired) electrons. The fourth-order valence-corrected chi connectivity index (χ4v) is 4.62. The largest absolute Gasteiger partial charge is 0.381 e. The lowest BCUT2D eigenvalue weighted by Gasteiger charge is -2.39. The van der Waals surface area contributed by atoms with Gasteiger partial charge in [0.25, 0.3) is 0 Å². The summed E-state index contributed by atoms with van der Waals surface area (Å²) in [6.07, 6.45) is 6.15. The van der Waals surface area contributed by atoms with Crippen molar-refractivity contribution < 1.29 is 17.9 Å². The SMILES string of the molecule is CC1(C)CCC(OCC2(CS(N)(=O)=O)CCOCC2)CC1. The molecule has 1 aliphatic carbocycles. The van der Waals surface area contributed by atoms with Crippen LogP contribution in [0.5, 0.6) is 0 Å². The van der Waals surface area contributed by atoms with Gasteiger partial charge < -0.3 is 9.47 Å². The summed E-state index contributed by atoms with van der Waals surface area (Å²) in [6, 6.07) is 0. The molecule has 21 heavy (non-hydrogen) atoms. The molecular weight excluding hydrogens is 290 g/mol. The van der Waals surface area contributed by atoms with E-state index in [4.69, 9.17) is 14.6 Å². The number of hydrogen-bond acceptors (Lipinski definition) is 4. The molecule has 2 aliphatic rings. The molecule has 2 rings (SSSR count). The van der Waals surface area contributed by atoms with Crippen LogP contribution in [0.2, 0.25) is 0 Å². The Morgan fingerprint density at radius 1 is 1.14 bits per heavy atom. The fraction of sp³-hybridized carbons (Fsp3) is 1.00. The maximum absolute atomic E-state index is 11.5. The van der Waals surface area contributed by atoms with E-state index in [1.807, 2.05) is 0 Å². The minimum absolute atomic E-state index is 0.00156. The molecule has 0 aromatic rings. The van der Waals surface area contributed by atoms with Crippen LogP contribution in [-0.2, 0) is 19.5 Å². The van der Waals surface area contributed by atoms with Gasteiger partial charge in [-0.1, -0.05) is 13.8 Å². The van der Waals surface area contributed by atoms with Gasteiger partial charge in [0.15, 0.2) is 0 Å². The number of hydrogen-bond donors (Lipinski definition) is 1. The molecule has 5 nitrogen and oxygen atoms in total. The molecule has 0 atom stereocenters. The van der Waals surface area contributed by atoms with Gasteiger partial charge in [0, 0.05) is 18.6 Å². The van der Waals surface area contributed by atoms with Gasteiger partial charge in [0.2, 0.25) is 10.0 Å². The zero-order valence-electron chi connectivity index (χ0n) is 13.3. The van der Waals surface area contributed by atoms with Crippen LogP contribution in [0.3, 0.4) is 0 Å². The van der Waals surface area contributed by atoms with E-state index in [9.17, 15) is 8.42 Å². The van der Waals surface area contributed by atoms with Gasteiger partial charge in [0.1, 0.15) is 0 Å². The molecule has 2 N–H and O–H groups in total. The molecule has 0 amide bonds. The summed E-state index contributed by atoms with van der Waals surface area (Å²) in [4.78, 5) is 0. The Balaban J connectivity index is 1.90. The Morgan fingerprint density at radius 2 is 1.71 bits per heavy atom. The predicted octanol–water partition coefficient (Wildman–Crippen LogP) is 2.06. The summed E-state index contributed by atoms with van der Waals surface area (Å²) in [5, 5.41) is 5.27. The summed E-state index contributed by atoms with van der Waals surface area (Å²) in [6.45, 7) is 6.26. The lowest BCUT2D eigenvalue weighted by Crippen LogP contribution is -2.43. The van der Waals surface area contributed by atoms with Gasteiger partial charge in [-0.25, -0.2) is 13.6 Å². The number of ether oxygens (including phenoxy) is 2. The molecule has 1 saturated carbocycles. The molecule has 0 unspecified atom stereocenters. The maximum atomic E-state index is 11.5. The van der Waals surface area contributed by atoms with Crippen molar-refractivity contribution in [3.63, 3.8) is 0 Å². The average Bonchev–Trinajstić information content (AvgIpc) is 2.36. The van der Waals surface area contributed by atoms with E-state index in [2.05, 4.69) is 13.8 Å². The fourth-order valence-electron chi connectivity index (χ4n) is 3.40. The minimum Gasteiger partial charge on any atom is -0.381 e. The molecule has 0 bridgehead atoms. The van der Waals surface area contributed by atoms with E-state index in [0.29, 0.717) is 38.1 Å². The molecule has 1 heterocycles. The molecule has 2 fully saturated rings. The van der Waals surface area contributed by atoms with Crippen molar-refractivity contribution in [2.45, 2.75) is 58.5 Å². The third-order valence-corrected chi connectivity index (χ3v) is 5.99. The molecule has 0 aromatic carbocycles. The molecule has 0 aromatic heterocycles. The molecule has 1 aliphatic heterocycles. The van der Waals surface area contributed by atoms with Gasteiger partial charge in [-0.2, -0.15) is 0 Å². The van der Waals surface area contributed by atoms with Crippen LogP contribution < -0.4 is 5.14 Å². The Hall–Kier alpha value is -0.170. The Kier molecular flexibility index (Phi) is 5.34. The third kappa shape index (κ3) is 5.51. The highest BCUT2D eigenvalue weighted by Gasteiger charge is 2.38. The Morgan fingerprint density at radius 3 is 2.24 bits per heavy atom. The minimum atomic E-state index is -3.49. The quantitative estimate of drug-likeness (QED) is 0.841. The highest BCUT2D eigenvalue weighted by Crippen LogP contribution is 2.38. The van der Waals surface area contributed by atoms with Crippen LogP contribution in [0.1, 0.15) is 52.4 Å². The molecular formula is C15H29NO4S. The molecule has 6 heteroatoms. The van der Waals surface area contributed by atoms with Crippen molar-refractivity contribution in [3.8, 4) is 0 Å². The van der Waals surface area contributed by atoms with Gasteiger partial charge in [-0.05, 0) is 43.9 Å². The summed E-state index contributed by atoms with van der Waals surface area (Å²) in [5.74, 6) is 0.00156. The topological polar surface area (TPSA) is 78.6 Å². The van der Waals surface area contributed by atoms with E-state index in [1.54, 1.807) is 0 Å². The lowest BCUT2D eigenvalue weighted by molar-refractivity contribution is -0.0689. The Bertz CT molecular complexity index is 431. The van der Waals surface area contributed by atoms with Crippen molar-refractivity contribution in [2.75, 3.05) is 25.6 Å². The van der Waals surface area contributed by atoms with Crippen molar-refractivity contribution in [1.29, 1.82) is 0 Å². The number of sulfonamides is 1. The predicted molar refractivity (Wildman–Crippen MR) is 82.4 cm³/mol. The second-order valence-electron chi connectivity index (χ2n) is 7.59. The standard InChI is InChI=1S/C15H29NO4S/c1-14(2)5-3-13(4-6-14)20-11-15(12-21(16,17)18)7-9-19-10-8-15/h13H,3-12H2,1-2H3,(H2,16,17,18). The zero-order valence-corrected chi connectivity index (χ0v) is 14.1. The van der Waals surface area contributed by atoms with Crippen molar-refractivity contribution >= 4 is 10.0 Å². The maximum Gasteiger partial charge on any atom is 0.209 e. The number of nitrogens with two attached hydrogens (primary N) is 1. The summed E-state index contributed by atoms with van der Waals surface area (Å²) in [7, 11) is -3.49. The van der Waals surface area contributed by atoms with Crippen LogP contribution >= 0.6 is 0 Å². The highest BCUT2D eigenvalue weighted by atomic mass is 32.2. The van der Waals surface area contributed by atoms with Crippen LogP contribution in [0.25, 0.3) is 0 Å². The summed E-state index contributed by atoms with van der Waals surface area (Å²) < 4.78 is 34.5. The van der Waals surface area contributed by atoms with Gasteiger partial charge >= 0.3 is 0 Å². The second-order valence-corrected chi connectivity index (χ2v) is 9.21. The summed E-state index contributed by atoms with van der Waals surface area (Å²) in [5.41, 5.74) is 0.0512. The highest BCUT2D eigenvalue weighted by molar-refractivity contribution is 7.89. The number of primary sulfonamides is 1. The van der Waals surface area contributed by atoms with E-state index in [0.717, 1.165) is 12.8 Å². The molecule has 1 saturated heterocycles. The first kappa shape index (κ1) is 17.2. The van der Waals surface area contributed by atoms with Crippen LogP contribution in [0.4, 0.5) is 0 Å². The van der Waals surface area contributed by atoms with Gasteiger partial charge in [-0.15, -0.1) is 0 Å². The number of rotatable bonds is 5. The first-order valence-electron chi connectivity index (χ1n) is 7.90. The van der Waals surface area contributed by atoms with E-state index in [-0.39, 0.29) is 17.3 Å². The van der Waals surface area contributed by atoms with Crippen molar-refractivity contribution in [1.82, 2.24) is 0 Å². The van der Waals surface area contributed by atoms with Gasteiger partial charge in [-0.3, -0.25) is 0 Å².